The van der Waals surface area contributed by atoms with Crippen LogP contribution in [0.2, 0.25) is 0 Å². The molecule has 4 N–H and O–H groups in total. The SMILES string of the molecule is CC=C1C2CC3C4=Nc5ccccc5C45CC(C2C5OC(C)=O)N3C1OC1OC(CO)C(O)C(O)C1O. The van der Waals surface area contributed by atoms with Gasteiger partial charge in [0.05, 0.1) is 29.5 Å². The lowest BCUT2D eigenvalue weighted by molar-refractivity contribution is -0.328. The highest BCUT2D eigenvalue weighted by Gasteiger charge is 2.75. The van der Waals surface area contributed by atoms with Gasteiger partial charge in [-0.1, -0.05) is 24.3 Å². The summed E-state index contributed by atoms with van der Waals surface area (Å²) in [7, 11) is 0. The van der Waals surface area contributed by atoms with E-state index in [0.717, 1.165) is 35.4 Å². The number of fused-ring (bicyclic) bond motifs is 2. The second kappa shape index (κ2) is 8.16. The molecule has 6 heterocycles. The molecule has 5 bridgehead atoms. The van der Waals surface area contributed by atoms with Gasteiger partial charge in [0.15, 0.2) is 6.29 Å². The fourth-order valence-electron chi connectivity index (χ4n) is 8.32. The Labute approximate surface area is 214 Å². The summed E-state index contributed by atoms with van der Waals surface area (Å²) in [5, 5.41) is 40.9. The molecule has 1 aliphatic carbocycles. The largest absolute Gasteiger partial charge is 0.461 e. The Morgan fingerprint density at radius 3 is 2.76 bits per heavy atom. The normalized spacial score (nSPS) is 49.7. The van der Waals surface area contributed by atoms with Crippen LogP contribution in [-0.4, -0.2) is 98.7 Å². The van der Waals surface area contributed by atoms with Crippen molar-refractivity contribution in [2.24, 2.45) is 16.8 Å². The topological polar surface area (TPSA) is 141 Å². The third-order valence-corrected chi connectivity index (χ3v) is 9.62. The fraction of sp³-hybridized carbons (Fsp3) is 0.630. The quantitative estimate of drug-likeness (QED) is 0.327. The van der Waals surface area contributed by atoms with Crippen LogP contribution in [0, 0.1) is 11.8 Å². The van der Waals surface area contributed by atoms with Gasteiger partial charge in [-0.25, -0.2) is 0 Å². The smallest absolute Gasteiger partial charge is 0.302 e. The van der Waals surface area contributed by atoms with Crippen LogP contribution in [0.3, 0.4) is 0 Å². The number of piperidine rings is 4. The van der Waals surface area contributed by atoms with Crippen molar-refractivity contribution >= 4 is 17.4 Å². The monoisotopic (exact) mass is 512 g/mol. The van der Waals surface area contributed by atoms with E-state index < -0.39 is 49.0 Å². The Balaban J connectivity index is 1.30. The van der Waals surface area contributed by atoms with Gasteiger partial charge < -0.3 is 34.6 Å². The molecule has 37 heavy (non-hydrogen) atoms. The number of carbonyl (C=O) groups is 1. The number of aliphatic hydroxyl groups excluding tert-OH is 4. The summed E-state index contributed by atoms with van der Waals surface area (Å²) in [5.74, 6) is -0.176. The number of aliphatic hydroxyl groups is 4. The third kappa shape index (κ3) is 2.95. The number of allylic oxidation sites excluding steroid dienone is 1. The molecule has 10 heteroatoms. The van der Waals surface area contributed by atoms with E-state index in [0.29, 0.717) is 0 Å². The van der Waals surface area contributed by atoms with Gasteiger partial charge in [0.25, 0.3) is 0 Å². The third-order valence-electron chi connectivity index (χ3n) is 9.62. The molecule has 8 rings (SSSR count). The van der Waals surface area contributed by atoms with Crippen LogP contribution in [0.15, 0.2) is 40.9 Å². The Morgan fingerprint density at radius 2 is 2.03 bits per heavy atom. The fourth-order valence-corrected chi connectivity index (χ4v) is 8.32. The van der Waals surface area contributed by atoms with Gasteiger partial charge in [0, 0.05) is 18.9 Å². The van der Waals surface area contributed by atoms with E-state index in [4.69, 9.17) is 19.2 Å². The molecule has 1 aromatic carbocycles. The Morgan fingerprint density at radius 1 is 1.24 bits per heavy atom. The van der Waals surface area contributed by atoms with Crippen LogP contribution >= 0.6 is 0 Å². The molecule has 1 spiro atoms. The molecular weight excluding hydrogens is 480 g/mol. The molecule has 1 saturated carbocycles. The van der Waals surface area contributed by atoms with Crippen LogP contribution in [0.25, 0.3) is 0 Å². The molecule has 13 unspecified atom stereocenters. The molecular formula is C27H32N2O8. The van der Waals surface area contributed by atoms with Gasteiger partial charge in [0.1, 0.15) is 36.7 Å². The number of hydrogen-bond donors (Lipinski definition) is 4. The predicted molar refractivity (Wildman–Crippen MR) is 129 cm³/mol. The summed E-state index contributed by atoms with van der Waals surface area (Å²) >= 11 is 0. The number of hydrogen-bond acceptors (Lipinski definition) is 10. The molecule has 6 aliphatic heterocycles. The number of carbonyl (C=O) groups excluding carboxylic acids is 1. The average Bonchev–Trinajstić information content (AvgIpc) is 3.36. The van der Waals surface area contributed by atoms with Crippen molar-refractivity contribution in [3.8, 4) is 0 Å². The highest BCUT2D eigenvalue weighted by molar-refractivity contribution is 6.08. The standard InChI is InChI=1S/C27H32N2O8/c1-3-12-13-8-16-23-27(14-6-4-5-7-15(14)28-23)9-17(19(13)24(27)35-11(2)31)29(16)25(12)37-26-22(34)21(33)20(32)18(10-30)36-26/h3-7,13,16-22,24-26,30,32-34H,8-10H2,1-2H3. The highest BCUT2D eigenvalue weighted by Crippen LogP contribution is 2.67. The minimum absolute atomic E-state index is 0.0495. The number of ether oxygens (including phenoxy) is 3. The van der Waals surface area contributed by atoms with E-state index in [1.807, 2.05) is 31.2 Å². The molecule has 5 saturated heterocycles. The number of aliphatic imine (C=N–C) groups is 1. The second-order valence-corrected chi connectivity index (χ2v) is 11.1. The van der Waals surface area contributed by atoms with Gasteiger partial charge in [-0.15, -0.1) is 0 Å². The molecule has 6 fully saturated rings. The van der Waals surface area contributed by atoms with Crippen LogP contribution < -0.4 is 0 Å². The van der Waals surface area contributed by atoms with Crippen molar-refractivity contribution in [1.82, 2.24) is 4.90 Å². The molecule has 13 atom stereocenters. The summed E-state index contributed by atoms with van der Waals surface area (Å²) in [6.07, 6.45) is -4.07. The molecule has 0 amide bonds. The van der Waals surface area contributed by atoms with Crippen molar-refractivity contribution in [3.63, 3.8) is 0 Å². The molecule has 198 valence electrons. The highest BCUT2D eigenvalue weighted by atomic mass is 16.7. The zero-order valence-electron chi connectivity index (χ0n) is 20.7. The van der Waals surface area contributed by atoms with E-state index in [9.17, 15) is 25.2 Å². The maximum Gasteiger partial charge on any atom is 0.302 e. The van der Waals surface area contributed by atoms with E-state index in [1.165, 1.54) is 6.92 Å². The summed E-state index contributed by atoms with van der Waals surface area (Å²) in [6, 6.07) is 8.10. The minimum Gasteiger partial charge on any atom is -0.461 e. The summed E-state index contributed by atoms with van der Waals surface area (Å²) in [4.78, 5) is 19.8. The van der Waals surface area contributed by atoms with Crippen LogP contribution in [0.4, 0.5) is 5.69 Å². The first-order valence-electron chi connectivity index (χ1n) is 13.1. The lowest BCUT2D eigenvalue weighted by Gasteiger charge is -2.59. The van der Waals surface area contributed by atoms with Gasteiger partial charge in [-0.2, -0.15) is 0 Å². The van der Waals surface area contributed by atoms with Crippen molar-refractivity contribution in [2.45, 2.75) is 87.2 Å². The van der Waals surface area contributed by atoms with Crippen molar-refractivity contribution in [2.75, 3.05) is 6.61 Å². The number of esters is 1. The van der Waals surface area contributed by atoms with Gasteiger partial charge in [-0.05, 0) is 42.9 Å². The number of para-hydroxylation sites is 1. The first-order chi connectivity index (χ1) is 17.8. The number of rotatable bonds is 4. The molecule has 0 radical (unpaired) electrons. The summed E-state index contributed by atoms with van der Waals surface area (Å²) in [5.41, 5.74) is 3.57. The molecule has 0 aromatic heterocycles. The van der Waals surface area contributed by atoms with Crippen LogP contribution in [0.1, 0.15) is 32.3 Å². The van der Waals surface area contributed by atoms with E-state index in [2.05, 4.69) is 11.0 Å². The number of nitrogens with zero attached hydrogens (tertiary/aromatic N) is 2. The van der Waals surface area contributed by atoms with Gasteiger partial charge in [-0.3, -0.25) is 14.7 Å². The lowest BCUT2D eigenvalue weighted by Crippen LogP contribution is -2.70. The van der Waals surface area contributed by atoms with E-state index in [1.54, 1.807) is 0 Å². The van der Waals surface area contributed by atoms with E-state index >= 15 is 0 Å². The van der Waals surface area contributed by atoms with Crippen LogP contribution in [-0.2, 0) is 24.4 Å². The summed E-state index contributed by atoms with van der Waals surface area (Å²) < 4.78 is 18.3. The van der Waals surface area contributed by atoms with Crippen molar-refractivity contribution < 1.29 is 39.4 Å². The van der Waals surface area contributed by atoms with Crippen LogP contribution in [0.5, 0.6) is 0 Å². The maximum absolute atomic E-state index is 12.4. The van der Waals surface area contributed by atoms with Gasteiger partial charge >= 0.3 is 5.97 Å². The minimum atomic E-state index is -1.52. The zero-order chi connectivity index (χ0) is 25.8. The first kappa shape index (κ1) is 23.9. The zero-order valence-corrected chi connectivity index (χ0v) is 20.7. The van der Waals surface area contributed by atoms with E-state index in [-0.39, 0.29) is 36.0 Å². The molecule has 1 aromatic rings. The molecule has 10 nitrogen and oxygen atoms in total. The predicted octanol–water partition coefficient (Wildman–Crippen LogP) is 0.137. The first-order valence-corrected chi connectivity index (χ1v) is 13.1. The van der Waals surface area contributed by atoms with Crippen molar-refractivity contribution in [1.29, 1.82) is 0 Å². The Bertz CT molecular complexity index is 1200. The molecule has 7 aliphatic rings. The maximum atomic E-state index is 12.4. The Hall–Kier alpha value is -2.18. The summed E-state index contributed by atoms with van der Waals surface area (Å²) in [6.45, 7) is 2.89. The average molecular weight is 513 g/mol. The lowest BCUT2D eigenvalue weighted by atomic mass is 9.66. The Kier molecular flexibility index (Phi) is 5.27. The number of benzene rings is 1. The van der Waals surface area contributed by atoms with Crippen molar-refractivity contribution in [3.05, 3.63) is 41.5 Å². The second-order valence-electron chi connectivity index (χ2n) is 11.1. The van der Waals surface area contributed by atoms with Gasteiger partial charge in [0.2, 0.25) is 0 Å².